The van der Waals surface area contributed by atoms with E-state index in [-0.39, 0.29) is 12.0 Å². The third-order valence-corrected chi connectivity index (χ3v) is 3.52. The fraction of sp³-hybridized carbons (Fsp3) is 0.667. The Morgan fingerprint density at radius 2 is 2.35 bits per heavy atom. The molecule has 1 fully saturated rings. The van der Waals surface area contributed by atoms with Gasteiger partial charge in [-0.3, -0.25) is 0 Å². The van der Waals surface area contributed by atoms with Gasteiger partial charge in [-0.2, -0.15) is 4.98 Å². The topological polar surface area (TPSA) is 67.3 Å². The average molecular weight is 237 g/mol. The van der Waals surface area contributed by atoms with Crippen molar-refractivity contribution >= 4 is 5.95 Å². The highest BCUT2D eigenvalue weighted by Gasteiger charge is 2.36. The Hall–Kier alpha value is -1.36. The summed E-state index contributed by atoms with van der Waals surface area (Å²) in [7, 11) is 1.59. The molecular formula is C12H19N3O2. The van der Waals surface area contributed by atoms with E-state index in [1.165, 1.54) is 19.3 Å². The summed E-state index contributed by atoms with van der Waals surface area (Å²) < 4.78 is 5.04. The number of aromatic nitrogens is 2. The summed E-state index contributed by atoms with van der Waals surface area (Å²) in [6.07, 6.45) is 6.12. The van der Waals surface area contributed by atoms with E-state index in [4.69, 9.17) is 9.84 Å². The van der Waals surface area contributed by atoms with Crippen LogP contribution in [0.25, 0.3) is 0 Å². The minimum atomic E-state index is 0.237. The summed E-state index contributed by atoms with van der Waals surface area (Å²) in [6, 6.07) is 1.72. The van der Waals surface area contributed by atoms with Gasteiger partial charge in [0.2, 0.25) is 11.8 Å². The van der Waals surface area contributed by atoms with Gasteiger partial charge in [0.25, 0.3) is 0 Å². The van der Waals surface area contributed by atoms with Gasteiger partial charge in [0.15, 0.2) is 0 Å². The van der Waals surface area contributed by atoms with Gasteiger partial charge in [0, 0.05) is 25.4 Å². The van der Waals surface area contributed by atoms with Crippen LogP contribution in [0.1, 0.15) is 25.7 Å². The SMILES string of the molecule is COc1ccnc(NCC2(CCO)CCC2)n1. The van der Waals surface area contributed by atoms with E-state index < -0.39 is 0 Å². The Morgan fingerprint density at radius 1 is 1.53 bits per heavy atom. The maximum Gasteiger partial charge on any atom is 0.225 e. The predicted molar refractivity (Wildman–Crippen MR) is 65.1 cm³/mol. The molecule has 2 N–H and O–H groups in total. The Bertz CT molecular complexity index is 367. The molecule has 0 atom stereocenters. The Balaban J connectivity index is 1.92. The maximum absolute atomic E-state index is 9.07. The number of methoxy groups -OCH3 is 1. The number of nitrogens with one attached hydrogen (secondary N) is 1. The van der Waals surface area contributed by atoms with Crippen LogP contribution in [0.5, 0.6) is 5.88 Å². The monoisotopic (exact) mass is 237 g/mol. The van der Waals surface area contributed by atoms with Gasteiger partial charge in [-0.1, -0.05) is 6.42 Å². The van der Waals surface area contributed by atoms with Gasteiger partial charge in [0.05, 0.1) is 7.11 Å². The molecule has 1 aromatic heterocycles. The fourth-order valence-electron chi connectivity index (χ4n) is 2.24. The lowest BCUT2D eigenvalue weighted by Gasteiger charge is -2.41. The smallest absolute Gasteiger partial charge is 0.225 e. The normalized spacial score (nSPS) is 17.3. The van der Waals surface area contributed by atoms with E-state index >= 15 is 0 Å². The van der Waals surface area contributed by atoms with E-state index in [0.29, 0.717) is 11.8 Å². The molecule has 94 valence electrons. The van der Waals surface area contributed by atoms with Gasteiger partial charge in [-0.15, -0.1) is 0 Å². The van der Waals surface area contributed by atoms with Gasteiger partial charge < -0.3 is 15.2 Å². The van der Waals surface area contributed by atoms with Crippen molar-refractivity contribution in [2.24, 2.45) is 5.41 Å². The van der Waals surface area contributed by atoms with Crippen molar-refractivity contribution in [1.82, 2.24) is 9.97 Å². The lowest BCUT2D eigenvalue weighted by atomic mass is 9.67. The van der Waals surface area contributed by atoms with E-state index in [1.54, 1.807) is 19.4 Å². The molecule has 0 unspecified atom stereocenters. The lowest BCUT2D eigenvalue weighted by Crippen LogP contribution is -2.37. The van der Waals surface area contributed by atoms with Gasteiger partial charge in [-0.25, -0.2) is 4.98 Å². The number of nitrogens with zero attached hydrogens (tertiary/aromatic N) is 2. The number of aliphatic hydroxyl groups is 1. The standard InChI is InChI=1S/C12H19N3O2/c1-17-10-3-7-13-11(15-10)14-9-12(6-8-16)4-2-5-12/h3,7,16H,2,4-6,8-9H2,1H3,(H,13,14,15). The third kappa shape index (κ3) is 2.85. The number of anilines is 1. The third-order valence-electron chi connectivity index (χ3n) is 3.52. The minimum absolute atomic E-state index is 0.237. The predicted octanol–water partition coefficient (Wildman–Crippen LogP) is 1.45. The Labute approximate surface area is 101 Å². The highest BCUT2D eigenvalue weighted by atomic mass is 16.5. The van der Waals surface area contributed by atoms with Crippen LogP contribution in [0.4, 0.5) is 5.95 Å². The zero-order valence-corrected chi connectivity index (χ0v) is 10.1. The number of rotatable bonds is 6. The first-order valence-corrected chi connectivity index (χ1v) is 6.00. The molecule has 1 aliphatic carbocycles. The quantitative estimate of drug-likeness (QED) is 0.784. The highest BCUT2D eigenvalue weighted by molar-refractivity contribution is 5.28. The van der Waals surface area contributed by atoms with Gasteiger partial charge >= 0.3 is 0 Å². The second-order valence-electron chi connectivity index (χ2n) is 4.60. The first-order valence-electron chi connectivity index (χ1n) is 6.00. The van der Waals surface area contributed by atoms with Crippen molar-refractivity contribution in [2.45, 2.75) is 25.7 Å². The first-order chi connectivity index (χ1) is 8.28. The molecule has 5 nitrogen and oxygen atoms in total. The van der Waals surface area contributed by atoms with Crippen LogP contribution in [-0.2, 0) is 0 Å². The summed E-state index contributed by atoms with van der Waals surface area (Å²) in [5.74, 6) is 1.15. The molecule has 17 heavy (non-hydrogen) atoms. The molecule has 1 aromatic rings. The largest absolute Gasteiger partial charge is 0.481 e. The molecule has 1 heterocycles. The van der Waals surface area contributed by atoms with Crippen molar-refractivity contribution in [3.8, 4) is 5.88 Å². The second kappa shape index (κ2) is 5.31. The van der Waals surface area contributed by atoms with Crippen molar-refractivity contribution in [1.29, 1.82) is 0 Å². The Morgan fingerprint density at radius 3 is 2.94 bits per heavy atom. The Kier molecular flexibility index (Phi) is 3.78. The van der Waals surface area contributed by atoms with Crippen LogP contribution in [0.2, 0.25) is 0 Å². The molecule has 0 aromatic carbocycles. The zero-order chi connectivity index (χ0) is 12.1. The molecule has 5 heteroatoms. The summed E-state index contributed by atoms with van der Waals surface area (Å²) in [6.45, 7) is 1.07. The van der Waals surface area contributed by atoms with Gasteiger partial charge in [-0.05, 0) is 24.7 Å². The van der Waals surface area contributed by atoms with Crippen LogP contribution in [0.15, 0.2) is 12.3 Å². The molecule has 0 spiro atoms. The molecule has 0 radical (unpaired) electrons. The van der Waals surface area contributed by atoms with E-state index in [1.807, 2.05) is 0 Å². The van der Waals surface area contributed by atoms with E-state index in [2.05, 4.69) is 15.3 Å². The number of hydrogen-bond donors (Lipinski definition) is 2. The van der Waals surface area contributed by atoms with Crippen LogP contribution in [0, 0.1) is 5.41 Å². The first kappa shape index (κ1) is 12.1. The lowest BCUT2D eigenvalue weighted by molar-refractivity contribution is 0.101. The zero-order valence-electron chi connectivity index (χ0n) is 10.1. The maximum atomic E-state index is 9.07. The molecular weight excluding hydrogens is 218 g/mol. The molecule has 2 rings (SSSR count). The van der Waals surface area contributed by atoms with E-state index in [0.717, 1.165) is 13.0 Å². The molecule has 0 amide bonds. The molecule has 0 saturated heterocycles. The molecule has 1 saturated carbocycles. The minimum Gasteiger partial charge on any atom is -0.481 e. The van der Waals surface area contributed by atoms with Crippen LogP contribution in [-0.4, -0.2) is 35.3 Å². The van der Waals surface area contributed by atoms with Crippen molar-refractivity contribution in [3.05, 3.63) is 12.3 Å². The summed E-state index contributed by atoms with van der Waals surface area (Å²) >= 11 is 0. The molecule has 0 aliphatic heterocycles. The number of hydrogen-bond acceptors (Lipinski definition) is 5. The van der Waals surface area contributed by atoms with Crippen molar-refractivity contribution < 1.29 is 9.84 Å². The summed E-state index contributed by atoms with van der Waals surface area (Å²) in [5, 5.41) is 12.3. The summed E-state index contributed by atoms with van der Waals surface area (Å²) in [5.41, 5.74) is 0.237. The van der Waals surface area contributed by atoms with E-state index in [9.17, 15) is 0 Å². The van der Waals surface area contributed by atoms with Crippen LogP contribution >= 0.6 is 0 Å². The number of ether oxygens (including phenoxy) is 1. The van der Waals surface area contributed by atoms with Crippen LogP contribution in [0.3, 0.4) is 0 Å². The molecule has 1 aliphatic rings. The van der Waals surface area contributed by atoms with Gasteiger partial charge in [0.1, 0.15) is 0 Å². The second-order valence-corrected chi connectivity index (χ2v) is 4.60. The highest BCUT2D eigenvalue weighted by Crippen LogP contribution is 2.43. The van der Waals surface area contributed by atoms with Crippen molar-refractivity contribution in [2.75, 3.05) is 25.6 Å². The fourth-order valence-corrected chi connectivity index (χ4v) is 2.24. The van der Waals surface area contributed by atoms with Crippen LogP contribution < -0.4 is 10.1 Å². The summed E-state index contributed by atoms with van der Waals surface area (Å²) in [4.78, 5) is 8.35. The average Bonchev–Trinajstić information content (AvgIpc) is 2.33. The number of aliphatic hydroxyl groups excluding tert-OH is 1. The van der Waals surface area contributed by atoms with Crippen molar-refractivity contribution in [3.63, 3.8) is 0 Å². The molecule has 0 bridgehead atoms.